The number of benzene rings is 3. The van der Waals surface area contributed by atoms with Gasteiger partial charge in [0.25, 0.3) is 0 Å². The number of hydrogen-bond acceptors (Lipinski definition) is 2. The maximum atomic E-state index is 13.1. The first kappa shape index (κ1) is 15.2. The van der Waals surface area contributed by atoms with Crippen LogP contribution >= 0.6 is 0 Å². The second kappa shape index (κ2) is 6.29. The van der Waals surface area contributed by atoms with Gasteiger partial charge in [-0.25, -0.2) is 0 Å². The molecule has 4 rings (SSSR count). The number of rotatable bonds is 3. The SMILES string of the molecule is Nc1c(-c2ccccc2)c(=O)c2ccccc2n1Cc1ccccc1. The van der Waals surface area contributed by atoms with E-state index in [1.807, 2.05) is 77.4 Å². The molecule has 1 heterocycles. The number of anilines is 1. The smallest absolute Gasteiger partial charge is 0.199 e. The van der Waals surface area contributed by atoms with Gasteiger partial charge in [0.1, 0.15) is 5.82 Å². The van der Waals surface area contributed by atoms with E-state index in [1.165, 1.54) is 0 Å². The fourth-order valence-corrected chi connectivity index (χ4v) is 3.24. The highest BCUT2D eigenvalue weighted by molar-refractivity contribution is 5.89. The van der Waals surface area contributed by atoms with Gasteiger partial charge in [-0.1, -0.05) is 72.8 Å². The number of fused-ring (bicyclic) bond motifs is 1. The summed E-state index contributed by atoms with van der Waals surface area (Å²) < 4.78 is 2.02. The van der Waals surface area contributed by atoms with Gasteiger partial charge in [0.2, 0.25) is 0 Å². The number of nitrogens with two attached hydrogens (primary N) is 1. The van der Waals surface area contributed by atoms with E-state index in [-0.39, 0.29) is 5.43 Å². The lowest BCUT2D eigenvalue weighted by Gasteiger charge is -2.18. The van der Waals surface area contributed by atoms with Crippen molar-refractivity contribution in [1.82, 2.24) is 4.57 Å². The molecule has 2 N–H and O–H groups in total. The number of nitrogen functional groups attached to an aromatic ring is 1. The number of pyridine rings is 1. The van der Waals surface area contributed by atoms with Crippen LogP contribution in [0, 0.1) is 0 Å². The number of aromatic nitrogens is 1. The van der Waals surface area contributed by atoms with Crippen molar-refractivity contribution in [1.29, 1.82) is 0 Å². The molecule has 0 aliphatic heterocycles. The average molecular weight is 326 g/mol. The van der Waals surface area contributed by atoms with Gasteiger partial charge in [0.15, 0.2) is 5.43 Å². The molecular formula is C22H18N2O. The molecule has 3 aromatic carbocycles. The standard InChI is InChI=1S/C22H18N2O/c23-22-20(17-11-5-2-6-12-17)21(25)18-13-7-8-14-19(18)24(22)15-16-9-3-1-4-10-16/h1-14H,15,23H2. The third kappa shape index (κ3) is 2.70. The van der Waals surface area contributed by atoms with E-state index < -0.39 is 0 Å². The minimum atomic E-state index is -0.0244. The molecule has 0 amide bonds. The third-order valence-electron chi connectivity index (χ3n) is 4.46. The quantitative estimate of drug-likeness (QED) is 0.610. The molecule has 3 nitrogen and oxygen atoms in total. The molecular weight excluding hydrogens is 308 g/mol. The van der Waals surface area contributed by atoms with Crippen molar-refractivity contribution in [3.63, 3.8) is 0 Å². The van der Waals surface area contributed by atoms with E-state index in [2.05, 4.69) is 12.1 Å². The largest absolute Gasteiger partial charge is 0.384 e. The van der Waals surface area contributed by atoms with Gasteiger partial charge in [0.05, 0.1) is 11.1 Å². The van der Waals surface area contributed by atoms with Gasteiger partial charge in [-0.2, -0.15) is 0 Å². The second-order valence-corrected chi connectivity index (χ2v) is 6.04. The summed E-state index contributed by atoms with van der Waals surface area (Å²) in [5.74, 6) is 0.499. The minimum absolute atomic E-state index is 0.0244. The molecule has 4 aromatic rings. The highest BCUT2D eigenvalue weighted by Crippen LogP contribution is 2.27. The number of para-hydroxylation sites is 1. The van der Waals surface area contributed by atoms with Crippen LogP contribution in [0.25, 0.3) is 22.0 Å². The molecule has 0 fully saturated rings. The third-order valence-corrected chi connectivity index (χ3v) is 4.46. The Morgan fingerprint density at radius 2 is 1.36 bits per heavy atom. The fourth-order valence-electron chi connectivity index (χ4n) is 3.24. The van der Waals surface area contributed by atoms with Gasteiger partial charge in [-0.3, -0.25) is 4.79 Å². The Labute approximate surface area is 146 Å². The topological polar surface area (TPSA) is 48.0 Å². The van der Waals surface area contributed by atoms with Crippen molar-refractivity contribution >= 4 is 16.7 Å². The number of nitrogens with zero attached hydrogens (tertiary/aromatic N) is 1. The van der Waals surface area contributed by atoms with Crippen LogP contribution < -0.4 is 11.2 Å². The van der Waals surface area contributed by atoms with Crippen molar-refractivity contribution in [2.45, 2.75) is 6.54 Å². The fraction of sp³-hybridized carbons (Fsp3) is 0.0455. The lowest BCUT2D eigenvalue weighted by Crippen LogP contribution is -2.18. The summed E-state index contributed by atoms with van der Waals surface area (Å²) in [4.78, 5) is 13.1. The lowest BCUT2D eigenvalue weighted by atomic mass is 10.0. The van der Waals surface area contributed by atoms with Crippen LogP contribution in [-0.2, 0) is 6.54 Å². The molecule has 3 heteroatoms. The molecule has 0 radical (unpaired) electrons. The Morgan fingerprint density at radius 3 is 2.08 bits per heavy atom. The summed E-state index contributed by atoms with van der Waals surface area (Å²) in [6.45, 7) is 0.618. The zero-order chi connectivity index (χ0) is 17.2. The van der Waals surface area contributed by atoms with E-state index >= 15 is 0 Å². The van der Waals surface area contributed by atoms with Crippen LogP contribution in [0.4, 0.5) is 5.82 Å². The Hall–Kier alpha value is -3.33. The predicted molar refractivity (Wildman–Crippen MR) is 104 cm³/mol. The van der Waals surface area contributed by atoms with Crippen molar-refractivity contribution in [3.05, 3.63) is 101 Å². The summed E-state index contributed by atoms with van der Waals surface area (Å²) >= 11 is 0. The van der Waals surface area contributed by atoms with E-state index in [0.29, 0.717) is 23.3 Å². The van der Waals surface area contributed by atoms with E-state index in [9.17, 15) is 4.79 Å². The van der Waals surface area contributed by atoms with Gasteiger partial charge < -0.3 is 10.3 Å². The molecule has 0 unspecified atom stereocenters. The molecule has 0 aliphatic carbocycles. The van der Waals surface area contributed by atoms with Gasteiger partial charge in [-0.15, -0.1) is 0 Å². The van der Waals surface area contributed by atoms with E-state index in [4.69, 9.17) is 5.73 Å². The highest BCUT2D eigenvalue weighted by Gasteiger charge is 2.16. The molecule has 0 aliphatic rings. The van der Waals surface area contributed by atoms with E-state index in [1.54, 1.807) is 0 Å². The Morgan fingerprint density at radius 1 is 0.760 bits per heavy atom. The first-order valence-electron chi connectivity index (χ1n) is 8.26. The second-order valence-electron chi connectivity index (χ2n) is 6.04. The van der Waals surface area contributed by atoms with Crippen molar-refractivity contribution in [3.8, 4) is 11.1 Å². The summed E-state index contributed by atoms with van der Waals surface area (Å²) in [6.07, 6.45) is 0. The van der Waals surface area contributed by atoms with Crippen LogP contribution in [0.1, 0.15) is 5.56 Å². The first-order valence-corrected chi connectivity index (χ1v) is 8.26. The summed E-state index contributed by atoms with van der Waals surface area (Å²) in [5, 5.41) is 0.687. The molecule has 0 spiro atoms. The van der Waals surface area contributed by atoms with E-state index in [0.717, 1.165) is 16.6 Å². The lowest BCUT2D eigenvalue weighted by molar-refractivity contribution is 0.839. The maximum Gasteiger partial charge on any atom is 0.199 e. The van der Waals surface area contributed by atoms with Crippen LogP contribution in [0.15, 0.2) is 89.7 Å². The molecule has 1 aromatic heterocycles. The first-order chi connectivity index (χ1) is 12.3. The number of hydrogen-bond donors (Lipinski definition) is 1. The van der Waals surface area contributed by atoms with Crippen LogP contribution in [0.5, 0.6) is 0 Å². The Kier molecular flexibility index (Phi) is 3.82. The van der Waals surface area contributed by atoms with Crippen molar-refractivity contribution < 1.29 is 0 Å². The molecule has 122 valence electrons. The zero-order valence-electron chi connectivity index (χ0n) is 13.7. The molecule has 0 saturated carbocycles. The van der Waals surface area contributed by atoms with Gasteiger partial charge in [-0.05, 0) is 23.3 Å². The molecule has 0 atom stereocenters. The predicted octanol–water partition coefficient (Wildman–Crippen LogP) is 4.30. The van der Waals surface area contributed by atoms with Gasteiger partial charge in [0, 0.05) is 11.9 Å². The Balaban J connectivity index is 2.03. The average Bonchev–Trinajstić information content (AvgIpc) is 2.67. The zero-order valence-corrected chi connectivity index (χ0v) is 13.7. The maximum absolute atomic E-state index is 13.1. The van der Waals surface area contributed by atoms with Crippen LogP contribution in [0.2, 0.25) is 0 Å². The summed E-state index contributed by atoms with van der Waals surface area (Å²) in [6, 6.07) is 27.4. The van der Waals surface area contributed by atoms with Crippen molar-refractivity contribution in [2.24, 2.45) is 0 Å². The summed E-state index contributed by atoms with van der Waals surface area (Å²) in [7, 11) is 0. The molecule has 0 bridgehead atoms. The summed E-state index contributed by atoms with van der Waals surface area (Å²) in [5.41, 5.74) is 9.87. The van der Waals surface area contributed by atoms with Crippen molar-refractivity contribution in [2.75, 3.05) is 5.73 Å². The van der Waals surface area contributed by atoms with Gasteiger partial charge >= 0.3 is 0 Å². The highest BCUT2D eigenvalue weighted by atomic mass is 16.1. The molecule has 0 saturated heterocycles. The van der Waals surface area contributed by atoms with Crippen LogP contribution in [0.3, 0.4) is 0 Å². The normalized spacial score (nSPS) is 10.9. The minimum Gasteiger partial charge on any atom is -0.384 e. The molecule has 25 heavy (non-hydrogen) atoms. The van der Waals surface area contributed by atoms with Crippen LogP contribution in [-0.4, -0.2) is 4.57 Å². The monoisotopic (exact) mass is 326 g/mol. The Bertz CT molecular complexity index is 1080.